The van der Waals surface area contributed by atoms with E-state index in [9.17, 15) is 5.53 Å². The van der Waals surface area contributed by atoms with Gasteiger partial charge in [-0.15, -0.1) is 0 Å². The quantitative estimate of drug-likeness (QED) is 0.0359. The molecule has 2 aromatic rings. The molecule has 2 aromatic carbocycles. The van der Waals surface area contributed by atoms with Gasteiger partial charge in [-0.1, -0.05) is 294 Å². The fraction of sp³-hybridized carbons (Fsp3) is 0.714. The summed E-state index contributed by atoms with van der Waals surface area (Å²) in [7, 11) is 0. The maximum atomic E-state index is 12.7. The molecule has 2 heteroatoms. The van der Waals surface area contributed by atoms with Gasteiger partial charge in [0, 0.05) is 22.3 Å². The largest absolute Gasteiger partial charge is 0.493 e. The topological polar surface area (TPSA) is 25.3 Å². The molecule has 0 fully saturated rings. The van der Waals surface area contributed by atoms with E-state index in [-0.39, 0.29) is 0 Å². The minimum absolute atomic E-state index is 1.01. The van der Waals surface area contributed by atoms with Crippen LogP contribution in [0, 0.1) is 0 Å². The first-order valence-corrected chi connectivity index (χ1v) is 32.1. The lowest BCUT2D eigenvalue weighted by Crippen LogP contribution is -2.07. The molecule has 2 nitrogen and oxygen atoms in total. The highest BCUT2D eigenvalue weighted by atomic mass is 15.2. The summed E-state index contributed by atoms with van der Waals surface area (Å²) >= 11 is 0. The first-order chi connectivity index (χ1) is 35.7. The molecule has 0 spiro atoms. The average Bonchev–Trinajstić information content (AvgIpc) is 3.67. The number of hydrogen-bond donors (Lipinski definition) is 0. The van der Waals surface area contributed by atoms with Crippen molar-refractivity contribution >= 4 is 11.4 Å². The van der Waals surface area contributed by atoms with Crippen LogP contribution in [0.3, 0.4) is 0 Å². The zero-order valence-corrected chi connectivity index (χ0v) is 48.3. The van der Waals surface area contributed by atoms with Crippen molar-refractivity contribution < 1.29 is 4.70 Å². The number of rotatable bonds is 50. The van der Waals surface area contributed by atoms with Gasteiger partial charge in [0.05, 0.1) is 0 Å². The number of hydrogen-bond acceptors (Lipinski definition) is 0. The molecule has 0 N–H and O–H groups in total. The van der Waals surface area contributed by atoms with Crippen molar-refractivity contribution in [3.63, 3.8) is 0 Å². The van der Waals surface area contributed by atoms with Gasteiger partial charge in [0.1, 0.15) is 0 Å². The molecule has 1 aliphatic rings. The molecular weight excluding hydrogens is 869 g/mol. The lowest BCUT2D eigenvalue weighted by Gasteiger charge is -2.15. The molecule has 0 saturated carbocycles. The lowest BCUT2D eigenvalue weighted by atomic mass is 9.89. The van der Waals surface area contributed by atoms with Crippen molar-refractivity contribution in [2.45, 2.75) is 323 Å². The first kappa shape index (κ1) is 63.3. The van der Waals surface area contributed by atoms with Gasteiger partial charge in [0.2, 0.25) is 11.4 Å². The fourth-order valence-electron chi connectivity index (χ4n) is 11.3. The van der Waals surface area contributed by atoms with Crippen LogP contribution in [0.2, 0.25) is 0 Å². The number of allylic oxidation sites excluding steroid dienone is 6. The Balaban J connectivity index is 1.53. The smallest absolute Gasteiger partial charge is 0.211 e. The third-order valence-corrected chi connectivity index (χ3v) is 15.9. The molecule has 3 rings (SSSR count). The van der Waals surface area contributed by atoms with Crippen LogP contribution in [0.1, 0.15) is 332 Å². The number of unbranched alkanes of at least 4 members (excludes halogenated alkanes) is 36. The summed E-state index contributed by atoms with van der Waals surface area (Å²) in [5.74, 6) is 0. The molecule has 0 aromatic heterocycles. The van der Waals surface area contributed by atoms with Gasteiger partial charge >= 0.3 is 0 Å². The predicted octanol–water partition coefficient (Wildman–Crippen LogP) is 24.3. The summed E-state index contributed by atoms with van der Waals surface area (Å²) in [6.45, 7) is 9.24. The molecule has 406 valence electrons. The predicted molar refractivity (Wildman–Crippen MR) is 322 cm³/mol. The molecule has 0 radical (unpaired) electrons. The van der Waals surface area contributed by atoms with Gasteiger partial charge in [-0.2, -0.15) is 0 Å². The molecule has 0 atom stereocenters. The maximum absolute atomic E-state index is 12.7. The third-order valence-electron chi connectivity index (χ3n) is 15.9. The van der Waals surface area contributed by atoms with Crippen LogP contribution >= 0.6 is 0 Å². The Bertz CT molecular complexity index is 1740. The third kappa shape index (κ3) is 28.6. The van der Waals surface area contributed by atoms with Gasteiger partial charge in [0.15, 0.2) is 0 Å². The highest BCUT2D eigenvalue weighted by Crippen LogP contribution is 2.46. The fourth-order valence-corrected chi connectivity index (χ4v) is 11.3. The summed E-state index contributed by atoms with van der Waals surface area (Å²) in [5, 5.41) is 0. The average molecular weight is 986 g/mol. The van der Waals surface area contributed by atoms with Crippen molar-refractivity contribution in [1.29, 1.82) is 0 Å². The van der Waals surface area contributed by atoms with E-state index < -0.39 is 0 Å². The minimum atomic E-state index is 1.01. The standard InChI is InChI=1S/C70H116N2/c1-5-9-13-16-19-21-23-25-27-29-31-33-35-37-39-41-43-45-48-55-63-57-51-53-60-65(63)69-67(59-12-8-4)68(62-50-47-18-15-11-7-3)70(72(69)71)66-61-54-52-58-64(66)56-49-46-44-42-40-38-36-34-32-30-28-26-24-22-20-17-14-10-6-2/h41-44,51-54,57-58,60-61H,5-40,45-50,55-56,59,62H2,1-4H3. The second kappa shape index (κ2) is 45.4. The second-order valence-electron chi connectivity index (χ2n) is 22.4. The summed E-state index contributed by atoms with van der Waals surface area (Å²) in [6, 6.07) is 18.1. The molecule has 0 bridgehead atoms. The van der Waals surface area contributed by atoms with Crippen LogP contribution in [0.25, 0.3) is 16.9 Å². The van der Waals surface area contributed by atoms with Gasteiger partial charge < -0.3 is 5.53 Å². The molecular formula is C70H116N2. The Hall–Kier alpha value is -3.00. The Morgan fingerprint density at radius 2 is 0.556 bits per heavy atom. The summed E-state index contributed by atoms with van der Waals surface area (Å²) in [5.41, 5.74) is 22.8. The molecule has 1 aliphatic heterocycles. The Morgan fingerprint density at radius 3 is 0.889 bits per heavy atom. The molecule has 0 saturated heterocycles. The maximum Gasteiger partial charge on any atom is 0.211 e. The van der Waals surface area contributed by atoms with E-state index in [1.54, 1.807) is 4.70 Å². The second-order valence-corrected chi connectivity index (χ2v) is 22.4. The summed E-state index contributed by atoms with van der Waals surface area (Å²) < 4.78 is 1.67. The van der Waals surface area contributed by atoms with Crippen LogP contribution in [-0.2, 0) is 12.8 Å². The van der Waals surface area contributed by atoms with Crippen LogP contribution < -0.4 is 0 Å². The van der Waals surface area contributed by atoms with E-state index in [0.29, 0.717) is 0 Å². The van der Waals surface area contributed by atoms with Gasteiger partial charge in [-0.25, -0.2) is 4.70 Å². The molecule has 0 unspecified atom stereocenters. The van der Waals surface area contributed by atoms with Gasteiger partial charge in [0.25, 0.3) is 0 Å². The zero-order valence-electron chi connectivity index (χ0n) is 48.3. The SMILES string of the molecule is CCCCCCCCCCCCCCCCC=CCCCc1ccccc1C1=C(CCCC)C(CCCCCCCC)=C(c2ccccc2CCCC=CCCCCCCCCCCCCCCCC)[N+]1=[N-]. The monoisotopic (exact) mass is 985 g/mol. The van der Waals surface area contributed by atoms with Crippen molar-refractivity contribution in [1.82, 2.24) is 0 Å². The highest BCUT2D eigenvalue weighted by Gasteiger charge is 2.36. The molecule has 72 heavy (non-hydrogen) atoms. The number of aryl methyl sites for hydroxylation is 2. The number of benzene rings is 2. The Kier molecular flexibility index (Phi) is 39.9. The highest BCUT2D eigenvalue weighted by molar-refractivity contribution is 5.83. The van der Waals surface area contributed by atoms with Crippen molar-refractivity contribution in [2.24, 2.45) is 0 Å². The molecule has 0 amide bonds. The molecule has 1 heterocycles. The number of nitrogens with zero attached hydrogens (tertiary/aromatic N) is 2. The van der Waals surface area contributed by atoms with E-state index in [1.807, 2.05) is 0 Å². The van der Waals surface area contributed by atoms with E-state index in [2.05, 4.69) is 101 Å². The van der Waals surface area contributed by atoms with E-state index in [4.69, 9.17) is 0 Å². The van der Waals surface area contributed by atoms with Gasteiger partial charge in [-0.05, 0) is 113 Å². The van der Waals surface area contributed by atoms with Gasteiger partial charge in [-0.3, -0.25) is 0 Å². The normalized spacial score (nSPS) is 13.1. The van der Waals surface area contributed by atoms with E-state index in [0.717, 1.165) is 75.6 Å². The first-order valence-electron chi connectivity index (χ1n) is 32.1. The van der Waals surface area contributed by atoms with Crippen LogP contribution in [-0.4, -0.2) is 4.70 Å². The van der Waals surface area contributed by atoms with Crippen molar-refractivity contribution in [3.8, 4) is 0 Å². The van der Waals surface area contributed by atoms with E-state index in [1.165, 1.54) is 265 Å². The Labute approximate surface area is 448 Å². The van der Waals surface area contributed by atoms with Crippen LogP contribution in [0.15, 0.2) is 84.0 Å². The van der Waals surface area contributed by atoms with Crippen LogP contribution in [0.4, 0.5) is 0 Å². The lowest BCUT2D eigenvalue weighted by molar-refractivity contribution is -0.345. The molecule has 0 aliphatic carbocycles. The van der Waals surface area contributed by atoms with Crippen LogP contribution in [0.5, 0.6) is 0 Å². The van der Waals surface area contributed by atoms with E-state index >= 15 is 0 Å². The zero-order chi connectivity index (χ0) is 51.2. The Morgan fingerprint density at radius 1 is 0.292 bits per heavy atom. The minimum Gasteiger partial charge on any atom is -0.493 e. The van der Waals surface area contributed by atoms with Crippen molar-refractivity contribution in [2.75, 3.05) is 0 Å². The summed E-state index contributed by atoms with van der Waals surface area (Å²) in [6.07, 6.45) is 70.5. The summed E-state index contributed by atoms with van der Waals surface area (Å²) in [4.78, 5) is 0. The van der Waals surface area contributed by atoms with Crippen molar-refractivity contribution in [3.05, 3.63) is 112 Å².